The number of nitrogens with two attached hydrogens (primary N) is 1. The number of aromatic nitrogens is 7. The summed E-state index contributed by atoms with van der Waals surface area (Å²) in [5, 5.41) is 8.56. The lowest BCUT2D eigenvalue weighted by molar-refractivity contribution is 0.398. The zero-order valence-corrected chi connectivity index (χ0v) is 17.3. The predicted octanol–water partition coefficient (Wildman–Crippen LogP) is 3.39. The van der Waals surface area contributed by atoms with Gasteiger partial charge >= 0.3 is 0 Å². The molecular weight excluding hydrogens is 411 g/mol. The predicted molar refractivity (Wildman–Crippen MR) is 116 cm³/mol. The van der Waals surface area contributed by atoms with Crippen molar-refractivity contribution >= 4 is 11.6 Å². The van der Waals surface area contributed by atoms with Crippen LogP contribution in [0.2, 0.25) is 0 Å². The first-order valence-electron chi connectivity index (χ1n) is 9.85. The van der Waals surface area contributed by atoms with E-state index in [0.717, 1.165) is 16.7 Å². The highest BCUT2D eigenvalue weighted by atomic mass is 19.1. The molecule has 9 nitrogen and oxygen atoms in total. The number of pyridine rings is 1. The van der Waals surface area contributed by atoms with E-state index in [9.17, 15) is 4.39 Å². The van der Waals surface area contributed by atoms with Crippen molar-refractivity contribution in [3.8, 4) is 28.4 Å². The van der Waals surface area contributed by atoms with Crippen molar-refractivity contribution in [2.45, 2.75) is 13.0 Å². The van der Waals surface area contributed by atoms with Gasteiger partial charge in [0, 0.05) is 23.5 Å². The first-order chi connectivity index (χ1) is 15.5. The number of ether oxygens (including phenoxy) is 1. The lowest BCUT2D eigenvalue weighted by Crippen LogP contribution is -2.07. The number of halogens is 1. The van der Waals surface area contributed by atoms with Gasteiger partial charge in [-0.05, 0) is 36.8 Å². The third-order valence-corrected chi connectivity index (χ3v) is 5.21. The average Bonchev–Trinajstić information content (AvgIpc) is 3.44. The summed E-state index contributed by atoms with van der Waals surface area (Å²) in [6, 6.07) is 9.97. The van der Waals surface area contributed by atoms with Gasteiger partial charge < -0.3 is 10.5 Å². The van der Waals surface area contributed by atoms with Crippen LogP contribution < -0.4 is 10.5 Å². The van der Waals surface area contributed by atoms with Gasteiger partial charge in [0.15, 0.2) is 5.65 Å². The third kappa shape index (κ3) is 3.51. The van der Waals surface area contributed by atoms with Gasteiger partial charge in [0.25, 0.3) is 0 Å². The van der Waals surface area contributed by atoms with Crippen LogP contribution in [0.4, 0.5) is 10.3 Å². The number of methoxy groups -OCH3 is 1. The number of fused-ring (bicyclic) bond motifs is 1. The van der Waals surface area contributed by atoms with Crippen LogP contribution in [0.5, 0.6) is 5.88 Å². The molecule has 1 atom stereocenters. The first kappa shape index (κ1) is 19.6. The molecule has 10 heteroatoms. The van der Waals surface area contributed by atoms with Crippen LogP contribution in [-0.2, 0) is 0 Å². The molecule has 32 heavy (non-hydrogen) atoms. The molecule has 0 aliphatic rings. The van der Waals surface area contributed by atoms with Crippen molar-refractivity contribution in [3.63, 3.8) is 0 Å². The normalized spacial score (nSPS) is 12.2. The van der Waals surface area contributed by atoms with Crippen molar-refractivity contribution in [2.24, 2.45) is 0 Å². The fraction of sp³-hybridized carbons (Fsp3) is 0.136. The maximum Gasteiger partial charge on any atom is 0.240 e. The Labute approximate surface area is 182 Å². The number of hydrogen-bond donors (Lipinski definition) is 1. The average molecular weight is 430 g/mol. The van der Waals surface area contributed by atoms with E-state index in [0.29, 0.717) is 22.9 Å². The van der Waals surface area contributed by atoms with Gasteiger partial charge in [0.2, 0.25) is 11.8 Å². The second-order valence-corrected chi connectivity index (χ2v) is 7.24. The summed E-state index contributed by atoms with van der Waals surface area (Å²) in [6.07, 6.45) is 7.00. The quantitative estimate of drug-likeness (QED) is 0.455. The minimum Gasteiger partial charge on any atom is -0.479 e. The molecule has 0 bridgehead atoms. The molecule has 1 aromatic carbocycles. The molecule has 0 saturated carbocycles. The minimum atomic E-state index is -0.268. The molecule has 0 saturated heterocycles. The van der Waals surface area contributed by atoms with Gasteiger partial charge in [-0.25, -0.2) is 18.9 Å². The topological polar surface area (TPSA) is 109 Å². The SMILES string of the molecule is COc1ncc(-c2cnn(C(C)c3ccc(F)cc3)c2)nc1-c1ccn2nc(N)nc2c1. The van der Waals surface area contributed by atoms with Gasteiger partial charge in [-0.1, -0.05) is 12.1 Å². The Morgan fingerprint density at radius 3 is 2.66 bits per heavy atom. The van der Waals surface area contributed by atoms with Gasteiger partial charge in [-0.2, -0.15) is 10.1 Å². The lowest BCUT2D eigenvalue weighted by Gasteiger charge is -2.12. The largest absolute Gasteiger partial charge is 0.479 e. The summed E-state index contributed by atoms with van der Waals surface area (Å²) < 4.78 is 22.1. The summed E-state index contributed by atoms with van der Waals surface area (Å²) in [5.74, 6) is 0.310. The molecule has 0 radical (unpaired) electrons. The molecule has 160 valence electrons. The van der Waals surface area contributed by atoms with E-state index in [1.165, 1.54) is 12.1 Å². The minimum absolute atomic E-state index is 0.0733. The molecular formula is C22H19FN8O. The zero-order valence-electron chi connectivity index (χ0n) is 17.3. The molecule has 4 aromatic heterocycles. The second-order valence-electron chi connectivity index (χ2n) is 7.24. The number of nitrogens with zero attached hydrogens (tertiary/aromatic N) is 7. The van der Waals surface area contributed by atoms with E-state index < -0.39 is 0 Å². The number of benzene rings is 1. The summed E-state index contributed by atoms with van der Waals surface area (Å²) >= 11 is 0. The Balaban J connectivity index is 1.51. The Morgan fingerprint density at radius 1 is 1.06 bits per heavy atom. The maximum atomic E-state index is 13.2. The summed E-state index contributed by atoms with van der Waals surface area (Å²) in [5.41, 5.74) is 9.99. The molecule has 2 N–H and O–H groups in total. The monoisotopic (exact) mass is 430 g/mol. The highest BCUT2D eigenvalue weighted by Crippen LogP contribution is 2.30. The molecule has 5 rings (SSSR count). The van der Waals surface area contributed by atoms with E-state index >= 15 is 0 Å². The lowest BCUT2D eigenvalue weighted by atomic mass is 10.1. The number of rotatable bonds is 5. The molecule has 0 aliphatic carbocycles. The highest BCUT2D eigenvalue weighted by Gasteiger charge is 2.16. The van der Waals surface area contributed by atoms with Crippen LogP contribution in [0.3, 0.4) is 0 Å². The van der Waals surface area contributed by atoms with E-state index in [1.54, 1.807) is 47.0 Å². The molecule has 0 fully saturated rings. The Morgan fingerprint density at radius 2 is 1.88 bits per heavy atom. The van der Waals surface area contributed by atoms with Crippen LogP contribution in [0.25, 0.3) is 28.2 Å². The first-order valence-corrected chi connectivity index (χ1v) is 9.85. The second kappa shape index (κ2) is 7.73. The fourth-order valence-corrected chi connectivity index (χ4v) is 3.48. The summed E-state index contributed by atoms with van der Waals surface area (Å²) in [7, 11) is 1.54. The number of hydrogen-bond acceptors (Lipinski definition) is 7. The highest BCUT2D eigenvalue weighted by molar-refractivity contribution is 5.71. The summed E-state index contributed by atoms with van der Waals surface area (Å²) in [6.45, 7) is 1.99. The van der Waals surface area contributed by atoms with Crippen LogP contribution in [0.15, 0.2) is 61.2 Å². The van der Waals surface area contributed by atoms with Crippen molar-refractivity contribution in [2.75, 3.05) is 12.8 Å². The van der Waals surface area contributed by atoms with Crippen LogP contribution in [0.1, 0.15) is 18.5 Å². The molecule has 1 unspecified atom stereocenters. The van der Waals surface area contributed by atoms with Crippen molar-refractivity contribution in [3.05, 3.63) is 72.6 Å². The Hall–Kier alpha value is -4.34. The Bertz CT molecular complexity index is 1410. The van der Waals surface area contributed by atoms with Crippen molar-refractivity contribution in [1.82, 2.24) is 34.3 Å². The van der Waals surface area contributed by atoms with Gasteiger partial charge in [-0.15, -0.1) is 5.10 Å². The molecule has 5 aromatic rings. The number of nitrogen functional groups attached to an aromatic ring is 1. The van der Waals surface area contributed by atoms with Crippen LogP contribution in [-0.4, -0.2) is 41.5 Å². The van der Waals surface area contributed by atoms with Gasteiger partial charge in [-0.3, -0.25) is 4.68 Å². The third-order valence-electron chi connectivity index (χ3n) is 5.21. The van der Waals surface area contributed by atoms with E-state index in [-0.39, 0.29) is 17.8 Å². The van der Waals surface area contributed by atoms with Gasteiger partial charge in [0.05, 0.1) is 31.2 Å². The van der Waals surface area contributed by atoms with Crippen molar-refractivity contribution < 1.29 is 9.13 Å². The van der Waals surface area contributed by atoms with E-state index in [1.807, 2.05) is 25.3 Å². The van der Waals surface area contributed by atoms with Crippen LogP contribution in [0, 0.1) is 5.82 Å². The summed E-state index contributed by atoms with van der Waals surface area (Å²) in [4.78, 5) is 13.4. The van der Waals surface area contributed by atoms with Crippen molar-refractivity contribution in [1.29, 1.82) is 0 Å². The molecule has 4 heterocycles. The molecule has 0 spiro atoms. The van der Waals surface area contributed by atoms with Gasteiger partial charge in [0.1, 0.15) is 11.5 Å². The van der Waals surface area contributed by atoms with E-state index in [4.69, 9.17) is 15.5 Å². The maximum absolute atomic E-state index is 13.2. The zero-order chi connectivity index (χ0) is 22.2. The van der Waals surface area contributed by atoms with E-state index in [2.05, 4.69) is 20.2 Å². The smallest absolute Gasteiger partial charge is 0.240 e. The fourth-order valence-electron chi connectivity index (χ4n) is 3.48. The van der Waals surface area contributed by atoms with Crippen LogP contribution >= 0.6 is 0 Å². The standard InChI is InChI=1S/C22H19FN8O/c1-13(14-3-5-17(23)6-4-14)31-12-16(10-26-31)18-11-25-21(32-2)20(27-18)15-7-8-30-19(9-15)28-22(24)29-30/h3-13H,1-2H3,(H2,24,29). The molecule has 0 aliphatic heterocycles. The number of anilines is 1. The Kier molecular flexibility index (Phi) is 4.74. The molecule has 0 amide bonds.